The molecule has 4 heteroatoms. The van der Waals surface area contributed by atoms with E-state index in [0.29, 0.717) is 12.0 Å². The third-order valence-corrected chi connectivity index (χ3v) is 3.99. The molecule has 98 valence electrons. The first kappa shape index (κ1) is 12.8. The second kappa shape index (κ2) is 5.83. The molecule has 2 aliphatic heterocycles. The number of hydrogen-bond donors (Lipinski definition) is 1. The predicted molar refractivity (Wildman–Crippen MR) is 66.8 cm³/mol. The van der Waals surface area contributed by atoms with E-state index in [9.17, 15) is 4.79 Å². The highest BCUT2D eigenvalue weighted by Gasteiger charge is 2.27. The zero-order chi connectivity index (χ0) is 12.1. The molecule has 2 heterocycles. The van der Waals surface area contributed by atoms with Gasteiger partial charge in [-0.1, -0.05) is 6.92 Å². The van der Waals surface area contributed by atoms with Crippen molar-refractivity contribution in [1.82, 2.24) is 10.2 Å². The number of amides is 1. The monoisotopic (exact) mass is 240 g/mol. The normalized spacial score (nSPS) is 23.9. The van der Waals surface area contributed by atoms with E-state index in [-0.39, 0.29) is 5.91 Å². The van der Waals surface area contributed by atoms with E-state index in [0.717, 1.165) is 45.7 Å². The summed E-state index contributed by atoms with van der Waals surface area (Å²) in [6.45, 7) is 7.32. The van der Waals surface area contributed by atoms with Gasteiger partial charge in [-0.05, 0) is 31.1 Å². The molecule has 17 heavy (non-hydrogen) atoms. The standard InChI is InChI=1S/C13H24N2O2/c1-13(4-8-17-9-5-13)11-14-10-12(16)15-6-2-3-7-15/h14H,2-11H2,1H3. The maximum absolute atomic E-state index is 11.8. The minimum Gasteiger partial charge on any atom is -0.381 e. The van der Waals surface area contributed by atoms with Crippen LogP contribution in [0, 0.1) is 5.41 Å². The van der Waals surface area contributed by atoms with Gasteiger partial charge in [-0.15, -0.1) is 0 Å². The van der Waals surface area contributed by atoms with Gasteiger partial charge in [0.2, 0.25) is 5.91 Å². The Bertz CT molecular complexity index is 256. The number of likely N-dealkylation sites (tertiary alicyclic amines) is 1. The van der Waals surface area contributed by atoms with Crippen LogP contribution in [-0.2, 0) is 9.53 Å². The predicted octanol–water partition coefficient (Wildman–Crippen LogP) is 1.02. The maximum Gasteiger partial charge on any atom is 0.236 e. The summed E-state index contributed by atoms with van der Waals surface area (Å²) >= 11 is 0. The van der Waals surface area contributed by atoms with Crippen molar-refractivity contribution in [2.45, 2.75) is 32.6 Å². The minimum absolute atomic E-state index is 0.262. The maximum atomic E-state index is 11.8. The fourth-order valence-electron chi connectivity index (χ4n) is 2.59. The third-order valence-electron chi connectivity index (χ3n) is 3.99. The number of rotatable bonds is 4. The van der Waals surface area contributed by atoms with Gasteiger partial charge in [0, 0.05) is 32.8 Å². The van der Waals surface area contributed by atoms with Crippen molar-refractivity contribution in [3.05, 3.63) is 0 Å². The van der Waals surface area contributed by atoms with Gasteiger partial charge in [0.05, 0.1) is 6.54 Å². The summed E-state index contributed by atoms with van der Waals surface area (Å²) in [6.07, 6.45) is 4.53. The Balaban J connectivity index is 1.66. The molecular weight excluding hydrogens is 216 g/mol. The van der Waals surface area contributed by atoms with Crippen LogP contribution in [-0.4, -0.2) is 50.2 Å². The number of carbonyl (C=O) groups excluding carboxylic acids is 1. The van der Waals surface area contributed by atoms with Crippen molar-refractivity contribution in [2.24, 2.45) is 5.41 Å². The molecule has 2 aliphatic rings. The van der Waals surface area contributed by atoms with Crippen LogP contribution in [0.4, 0.5) is 0 Å². The summed E-state index contributed by atoms with van der Waals surface area (Å²) in [6, 6.07) is 0. The Morgan fingerprint density at radius 1 is 1.29 bits per heavy atom. The van der Waals surface area contributed by atoms with Crippen LogP contribution in [0.1, 0.15) is 32.6 Å². The molecule has 0 atom stereocenters. The van der Waals surface area contributed by atoms with E-state index in [1.807, 2.05) is 4.90 Å². The lowest BCUT2D eigenvalue weighted by molar-refractivity contribution is -0.129. The summed E-state index contributed by atoms with van der Waals surface area (Å²) in [7, 11) is 0. The van der Waals surface area contributed by atoms with Crippen LogP contribution in [0.3, 0.4) is 0 Å². The SMILES string of the molecule is CC1(CNCC(=O)N2CCCC2)CCOCC1. The number of hydrogen-bond acceptors (Lipinski definition) is 3. The van der Waals surface area contributed by atoms with Crippen LogP contribution in [0.2, 0.25) is 0 Å². The Morgan fingerprint density at radius 2 is 1.94 bits per heavy atom. The first-order valence-corrected chi connectivity index (χ1v) is 6.76. The molecule has 0 aromatic carbocycles. The highest BCUT2D eigenvalue weighted by atomic mass is 16.5. The van der Waals surface area contributed by atoms with Gasteiger partial charge >= 0.3 is 0 Å². The van der Waals surface area contributed by atoms with Gasteiger partial charge in [-0.2, -0.15) is 0 Å². The lowest BCUT2D eigenvalue weighted by Gasteiger charge is -2.33. The molecule has 0 aromatic heterocycles. The smallest absolute Gasteiger partial charge is 0.236 e. The molecular formula is C13H24N2O2. The number of carbonyl (C=O) groups is 1. The number of nitrogens with one attached hydrogen (secondary N) is 1. The lowest BCUT2D eigenvalue weighted by Crippen LogP contribution is -2.42. The van der Waals surface area contributed by atoms with Crippen molar-refractivity contribution < 1.29 is 9.53 Å². The molecule has 0 aliphatic carbocycles. The molecule has 1 amide bonds. The Morgan fingerprint density at radius 3 is 2.59 bits per heavy atom. The molecule has 2 fully saturated rings. The summed E-state index contributed by atoms with van der Waals surface area (Å²) < 4.78 is 5.37. The van der Waals surface area contributed by atoms with Crippen LogP contribution in [0.25, 0.3) is 0 Å². The summed E-state index contributed by atoms with van der Waals surface area (Å²) in [5.74, 6) is 0.262. The van der Waals surface area contributed by atoms with Crippen molar-refractivity contribution in [2.75, 3.05) is 39.4 Å². The highest BCUT2D eigenvalue weighted by Crippen LogP contribution is 2.28. The average Bonchev–Trinajstić information content (AvgIpc) is 2.83. The van der Waals surface area contributed by atoms with Crippen LogP contribution >= 0.6 is 0 Å². The summed E-state index contributed by atoms with van der Waals surface area (Å²) in [5.41, 5.74) is 0.309. The van der Waals surface area contributed by atoms with E-state index in [1.54, 1.807) is 0 Å². The molecule has 0 aromatic rings. The van der Waals surface area contributed by atoms with Gasteiger partial charge in [-0.3, -0.25) is 4.79 Å². The Hall–Kier alpha value is -0.610. The first-order valence-electron chi connectivity index (χ1n) is 6.76. The molecule has 0 saturated carbocycles. The second-order valence-corrected chi connectivity index (χ2v) is 5.61. The minimum atomic E-state index is 0.262. The molecule has 0 radical (unpaired) electrons. The summed E-state index contributed by atoms with van der Waals surface area (Å²) in [5, 5.41) is 3.33. The molecule has 0 unspecified atom stereocenters. The van der Waals surface area contributed by atoms with Crippen LogP contribution in [0.15, 0.2) is 0 Å². The van der Waals surface area contributed by atoms with E-state index in [4.69, 9.17) is 4.74 Å². The van der Waals surface area contributed by atoms with E-state index in [2.05, 4.69) is 12.2 Å². The lowest BCUT2D eigenvalue weighted by atomic mass is 9.82. The fourth-order valence-corrected chi connectivity index (χ4v) is 2.59. The second-order valence-electron chi connectivity index (χ2n) is 5.61. The largest absolute Gasteiger partial charge is 0.381 e. The number of nitrogens with zero attached hydrogens (tertiary/aromatic N) is 1. The van der Waals surface area contributed by atoms with Crippen molar-refractivity contribution in [3.8, 4) is 0 Å². The zero-order valence-corrected chi connectivity index (χ0v) is 10.8. The van der Waals surface area contributed by atoms with Gasteiger partial charge in [-0.25, -0.2) is 0 Å². The molecule has 1 N–H and O–H groups in total. The molecule has 2 rings (SSSR count). The van der Waals surface area contributed by atoms with Gasteiger partial charge in [0.25, 0.3) is 0 Å². The quantitative estimate of drug-likeness (QED) is 0.797. The third kappa shape index (κ3) is 3.68. The van der Waals surface area contributed by atoms with E-state index < -0.39 is 0 Å². The van der Waals surface area contributed by atoms with E-state index in [1.165, 1.54) is 12.8 Å². The number of ether oxygens (including phenoxy) is 1. The average molecular weight is 240 g/mol. The van der Waals surface area contributed by atoms with Crippen LogP contribution < -0.4 is 5.32 Å². The topological polar surface area (TPSA) is 41.6 Å². The van der Waals surface area contributed by atoms with Gasteiger partial charge in [0.15, 0.2) is 0 Å². The molecule has 0 spiro atoms. The van der Waals surface area contributed by atoms with Crippen molar-refractivity contribution >= 4 is 5.91 Å². The molecule has 0 bridgehead atoms. The van der Waals surface area contributed by atoms with Crippen LogP contribution in [0.5, 0.6) is 0 Å². The fraction of sp³-hybridized carbons (Fsp3) is 0.923. The zero-order valence-electron chi connectivity index (χ0n) is 10.8. The Kier molecular flexibility index (Phi) is 4.40. The van der Waals surface area contributed by atoms with Gasteiger partial charge < -0.3 is 15.0 Å². The van der Waals surface area contributed by atoms with Crippen molar-refractivity contribution in [1.29, 1.82) is 0 Å². The molecule has 4 nitrogen and oxygen atoms in total. The molecule has 2 saturated heterocycles. The van der Waals surface area contributed by atoms with Crippen molar-refractivity contribution in [3.63, 3.8) is 0 Å². The Labute approximate surface area is 104 Å². The van der Waals surface area contributed by atoms with Gasteiger partial charge in [0.1, 0.15) is 0 Å². The summed E-state index contributed by atoms with van der Waals surface area (Å²) in [4.78, 5) is 13.8. The first-order chi connectivity index (χ1) is 8.20. The van der Waals surface area contributed by atoms with E-state index >= 15 is 0 Å². The highest BCUT2D eigenvalue weighted by molar-refractivity contribution is 5.78.